The van der Waals surface area contributed by atoms with Crippen LogP contribution in [0.15, 0.2) is 36.8 Å². The zero-order chi connectivity index (χ0) is 24.9. The van der Waals surface area contributed by atoms with Crippen LogP contribution in [0.5, 0.6) is 5.88 Å². The van der Waals surface area contributed by atoms with Gasteiger partial charge in [-0.25, -0.2) is 4.98 Å². The molecule has 1 aliphatic carbocycles. The summed E-state index contributed by atoms with van der Waals surface area (Å²) in [5.74, 6) is 0.212. The number of carbonyl (C=O) groups excluding carboxylic acids is 2. The first kappa shape index (κ1) is 25.1. The van der Waals surface area contributed by atoms with E-state index in [2.05, 4.69) is 9.97 Å². The van der Waals surface area contributed by atoms with Gasteiger partial charge in [-0.05, 0) is 31.9 Å². The van der Waals surface area contributed by atoms with Crippen molar-refractivity contribution in [3.05, 3.63) is 42.4 Å². The van der Waals surface area contributed by atoms with Gasteiger partial charge in [-0.1, -0.05) is 32.3 Å². The number of pyridine rings is 2. The van der Waals surface area contributed by atoms with Gasteiger partial charge in [0, 0.05) is 55.1 Å². The van der Waals surface area contributed by atoms with Crippen molar-refractivity contribution < 1.29 is 19.4 Å². The summed E-state index contributed by atoms with van der Waals surface area (Å²) in [5.41, 5.74) is 1.96. The van der Waals surface area contributed by atoms with Crippen molar-refractivity contribution in [1.82, 2.24) is 19.8 Å². The molecule has 35 heavy (non-hydrogen) atoms. The SMILES string of the molecule is C[C@@H]1CN([C@H](C)CO)C(=O)c2cc(-c3cccnc3)cnc2O[C@@H]1CN(C)C(=O)C1CCCCC1. The summed E-state index contributed by atoms with van der Waals surface area (Å²) in [6, 6.07) is 5.17. The van der Waals surface area contributed by atoms with Gasteiger partial charge < -0.3 is 19.6 Å². The minimum absolute atomic E-state index is 0.0671. The molecule has 0 aromatic carbocycles. The van der Waals surface area contributed by atoms with Crippen LogP contribution in [0.3, 0.4) is 0 Å². The summed E-state index contributed by atoms with van der Waals surface area (Å²) in [7, 11) is 1.84. The highest BCUT2D eigenvalue weighted by Gasteiger charge is 2.35. The first-order chi connectivity index (χ1) is 16.9. The standard InChI is InChI=1S/C27H36N4O4/c1-18-15-31(19(2)17-32)27(34)23-12-22(21-10-7-11-28-13-21)14-29-25(23)35-24(18)16-30(3)26(33)20-8-5-4-6-9-20/h7,10-14,18-20,24,32H,4-6,8-9,15-17H2,1-3H3/t18-,19-,24-/m1/s1. The first-order valence-electron chi connectivity index (χ1n) is 12.6. The molecule has 0 saturated heterocycles. The molecule has 1 aliphatic heterocycles. The molecule has 1 N–H and O–H groups in total. The van der Waals surface area contributed by atoms with Crippen molar-refractivity contribution in [3.63, 3.8) is 0 Å². The molecule has 0 unspecified atom stereocenters. The smallest absolute Gasteiger partial charge is 0.259 e. The number of carbonyl (C=O) groups is 2. The molecule has 4 rings (SSSR count). The molecule has 188 valence electrons. The maximum atomic E-state index is 13.6. The summed E-state index contributed by atoms with van der Waals surface area (Å²) >= 11 is 0. The maximum absolute atomic E-state index is 13.6. The second-order valence-corrected chi connectivity index (χ2v) is 9.99. The number of amides is 2. The third-order valence-electron chi connectivity index (χ3n) is 7.30. The molecule has 3 heterocycles. The van der Waals surface area contributed by atoms with Crippen LogP contribution >= 0.6 is 0 Å². The lowest BCUT2D eigenvalue weighted by Crippen LogP contribution is -2.51. The van der Waals surface area contributed by atoms with Crippen LogP contribution in [0.2, 0.25) is 0 Å². The summed E-state index contributed by atoms with van der Waals surface area (Å²) in [5, 5.41) is 9.86. The van der Waals surface area contributed by atoms with Crippen LogP contribution in [0, 0.1) is 11.8 Å². The van der Waals surface area contributed by atoms with E-state index < -0.39 is 0 Å². The molecule has 1 fully saturated rings. The van der Waals surface area contributed by atoms with Gasteiger partial charge in [0.25, 0.3) is 5.91 Å². The van der Waals surface area contributed by atoms with Gasteiger partial charge in [0.1, 0.15) is 11.7 Å². The number of fused-ring (bicyclic) bond motifs is 1. The molecular formula is C27H36N4O4. The number of aliphatic hydroxyl groups excluding tert-OH is 1. The van der Waals surface area contributed by atoms with Crippen molar-refractivity contribution in [1.29, 1.82) is 0 Å². The van der Waals surface area contributed by atoms with E-state index in [1.165, 1.54) is 6.42 Å². The molecule has 3 atom stereocenters. The van der Waals surface area contributed by atoms with E-state index in [9.17, 15) is 14.7 Å². The molecule has 1 saturated carbocycles. The monoisotopic (exact) mass is 480 g/mol. The predicted octanol–water partition coefficient (Wildman–Crippen LogP) is 3.40. The topological polar surface area (TPSA) is 95.9 Å². The molecule has 8 nitrogen and oxygen atoms in total. The molecule has 2 aromatic rings. The minimum atomic E-state index is -0.361. The normalized spacial score (nSPS) is 21.9. The van der Waals surface area contributed by atoms with Gasteiger partial charge in [-0.2, -0.15) is 0 Å². The van der Waals surface area contributed by atoms with E-state index >= 15 is 0 Å². The summed E-state index contributed by atoms with van der Waals surface area (Å²) in [6.45, 7) is 4.53. The number of rotatable bonds is 6. The van der Waals surface area contributed by atoms with Gasteiger partial charge in [0.2, 0.25) is 11.8 Å². The molecule has 0 bridgehead atoms. The Morgan fingerprint density at radius 2 is 2.03 bits per heavy atom. The van der Waals surface area contributed by atoms with Gasteiger partial charge in [-0.15, -0.1) is 0 Å². The summed E-state index contributed by atoms with van der Waals surface area (Å²) < 4.78 is 6.35. The van der Waals surface area contributed by atoms with Crippen LogP contribution in [0.25, 0.3) is 11.1 Å². The third kappa shape index (κ3) is 5.64. The second kappa shape index (κ2) is 11.2. The molecule has 2 aromatic heterocycles. The van der Waals surface area contributed by atoms with Gasteiger partial charge >= 0.3 is 0 Å². The zero-order valence-electron chi connectivity index (χ0n) is 20.9. The van der Waals surface area contributed by atoms with E-state index in [1.54, 1.807) is 34.5 Å². The Kier molecular flexibility index (Phi) is 8.00. The number of hydrogen-bond acceptors (Lipinski definition) is 6. The zero-order valence-corrected chi connectivity index (χ0v) is 20.9. The Morgan fingerprint density at radius 1 is 1.26 bits per heavy atom. The Bertz CT molecular complexity index is 1030. The number of hydrogen-bond donors (Lipinski definition) is 1. The van der Waals surface area contributed by atoms with Crippen molar-refractivity contribution in [2.45, 2.75) is 58.1 Å². The van der Waals surface area contributed by atoms with E-state index in [0.717, 1.165) is 36.8 Å². The van der Waals surface area contributed by atoms with Gasteiger partial charge in [0.05, 0.1) is 19.2 Å². The fourth-order valence-corrected chi connectivity index (χ4v) is 5.03. The quantitative estimate of drug-likeness (QED) is 0.681. The Balaban J connectivity index is 1.64. The highest BCUT2D eigenvalue weighted by atomic mass is 16.5. The average molecular weight is 481 g/mol. The molecule has 2 amide bonds. The van der Waals surface area contributed by atoms with Crippen molar-refractivity contribution in [2.75, 3.05) is 26.7 Å². The summed E-state index contributed by atoms with van der Waals surface area (Å²) in [6.07, 6.45) is 10.1. The molecular weight excluding hydrogens is 444 g/mol. The van der Waals surface area contributed by atoms with E-state index in [1.807, 2.05) is 33.0 Å². The lowest BCUT2D eigenvalue weighted by atomic mass is 9.88. The Hall–Kier alpha value is -3.00. The van der Waals surface area contributed by atoms with Crippen molar-refractivity contribution in [3.8, 4) is 17.0 Å². The summed E-state index contributed by atoms with van der Waals surface area (Å²) in [4.78, 5) is 38.8. The largest absolute Gasteiger partial charge is 0.472 e. The molecule has 0 spiro atoms. The van der Waals surface area contributed by atoms with Crippen molar-refractivity contribution >= 4 is 11.8 Å². The lowest BCUT2D eigenvalue weighted by molar-refractivity contribution is -0.136. The Morgan fingerprint density at radius 3 is 2.71 bits per heavy atom. The van der Waals surface area contributed by atoms with E-state index in [0.29, 0.717) is 18.7 Å². The minimum Gasteiger partial charge on any atom is -0.472 e. The first-order valence-corrected chi connectivity index (χ1v) is 12.6. The average Bonchev–Trinajstić information content (AvgIpc) is 2.90. The van der Waals surface area contributed by atoms with Crippen LogP contribution in [0.1, 0.15) is 56.3 Å². The van der Waals surface area contributed by atoms with Crippen LogP contribution in [-0.4, -0.2) is 75.6 Å². The molecule has 2 aliphatic rings. The second-order valence-electron chi connectivity index (χ2n) is 9.99. The van der Waals surface area contributed by atoms with Gasteiger partial charge in [-0.3, -0.25) is 14.6 Å². The van der Waals surface area contributed by atoms with E-state index in [-0.39, 0.29) is 48.3 Å². The van der Waals surface area contributed by atoms with E-state index in [4.69, 9.17) is 4.74 Å². The third-order valence-corrected chi connectivity index (χ3v) is 7.30. The number of nitrogens with zero attached hydrogens (tertiary/aromatic N) is 4. The highest BCUT2D eigenvalue weighted by molar-refractivity contribution is 5.98. The van der Waals surface area contributed by atoms with Crippen LogP contribution in [-0.2, 0) is 4.79 Å². The van der Waals surface area contributed by atoms with Crippen LogP contribution in [0.4, 0.5) is 0 Å². The fraction of sp³-hybridized carbons (Fsp3) is 0.556. The fourth-order valence-electron chi connectivity index (χ4n) is 5.03. The number of aromatic nitrogens is 2. The van der Waals surface area contributed by atoms with Gasteiger partial charge in [0.15, 0.2) is 0 Å². The number of ether oxygens (including phenoxy) is 1. The number of aliphatic hydroxyl groups is 1. The molecule has 0 radical (unpaired) electrons. The van der Waals surface area contributed by atoms with Crippen LogP contribution < -0.4 is 4.74 Å². The predicted molar refractivity (Wildman–Crippen MR) is 133 cm³/mol. The maximum Gasteiger partial charge on any atom is 0.259 e. The Labute approximate surface area is 207 Å². The number of likely N-dealkylation sites (N-methyl/N-ethyl adjacent to an activating group) is 1. The molecule has 8 heteroatoms. The highest BCUT2D eigenvalue weighted by Crippen LogP contribution is 2.31. The lowest BCUT2D eigenvalue weighted by Gasteiger charge is -2.38. The van der Waals surface area contributed by atoms with Crippen molar-refractivity contribution in [2.24, 2.45) is 11.8 Å².